The fourth-order valence-electron chi connectivity index (χ4n) is 0.545. The number of hydrogen-bond acceptors (Lipinski definition) is 5. The van der Waals surface area contributed by atoms with Crippen molar-refractivity contribution in [1.29, 1.82) is 0 Å². The van der Waals surface area contributed by atoms with Gasteiger partial charge < -0.3 is 15.7 Å². The predicted molar refractivity (Wildman–Crippen MR) is 43.8 cm³/mol. The molecule has 0 aliphatic heterocycles. The molecule has 2 amide bonds. The van der Waals surface area contributed by atoms with E-state index in [0.29, 0.717) is 0 Å². The Balaban J connectivity index is 3.57. The molecule has 0 aromatic rings. The molecule has 0 spiro atoms. The van der Waals surface area contributed by atoms with E-state index < -0.39 is 11.8 Å². The van der Waals surface area contributed by atoms with Gasteiger partial charge in [-0.05, 0) is 0 Å². The van der Waals surface area contributed by atoms with E-state index in [1.807, 2.05) is 0 Å². The first-order valence-corrected chi connectivity index (χ1v) is 3.68. The molecule has 0 aliphatic rings. The predicted octanol–water partition coefficient (Wildman–Crippen LogP) is -2.02. The van der Waals surface area contributed by atoms with Gasteiger partial charge in [-0.2, -0.15) is 4.91 Å². The smallest absolute Gasteiger partial charge is 0.309 e. The van der Waals surface area contributed by atoms with Crippen LogP contribution in [0.3, 0.4) is 0 Å². The molecule has 0 atom stereocenters. The molecule has 0 heterocycles. The van der Waals surface area contributed by atoms with Gasteiger partial charge in [0.15, 0.2) is 0 Å². The first-order chi connectivity index (χ1) is 6.22. The zero-order valence-electron chi connectivity index (χ0n) is 6.95. The van der Waals surface area contributed by atoms with E-state index >= 15 is 0 Å². The maximum absolute atomic E-state index is 10.8. The summed E-state index contributed by atoms with van der Waals surface area (Å²) >= 11 is 0. The fraction of sp³-hybridized carbons (Fsp3) is 0.667. The van der Waals surface area contributed by atoms with Crippen LogP contribution < -0.4 is 10.6 Å². The Kier molecular flexibility index (Phi) is 6.34. The molecule has 7 nitrogen and oxygen atoms in total. The van der Waals surface area contributed by atoms with Gasteiger partial charge >= 0.3 is 11.8 Å². The second-order valence-electron chi connectivity index (χ2n) is 2.09. The fourth-order valence-corrected chi connectivity index (χ4v) is 0.545. The molecule has 0 saturated heterocycles. The normalized spacial score (nSPS) is 9.00. The van der Waals surface area contributed by atoms with Crippen molar-refractivity contribution in [2.24, 2.45) is 5.18 Å². The lowest BCUT2D eigenvalue weighted by atomic mass is 10.5. The quantitative estimate of drug-likeness (QED) is 0.263. The van der Waals surface area contributed by atoms with Crippen molar-refractivity contribution >= 4 is 11.8 Å². The Hall–Kier alpha value is -1.50. The Labute approximate surface area is 74.5 Å². The van der Waals surface area contributed by atoms with Gasteiger partial charge in [-0.15, -0.1) is 0 Å². The standard InChI is InChI=1S/C6H11N3O4/c10-4-3-8-6(12)5(11)7-1-2-9-13/h10H,1-4H2,(H,7,11)(H,8,12). The van der Waals surface area contributed by atoms with Crippen LogP contribution in [-0.4, -0.2) is 43.2 Å². The number of carbonyl (C=O) groups excluding carboxylic acids is 2. The number of amides is 2. The number of nitroso groups, excluding NO2 is 1. The molecule has 13 heavy (non-hydrogen) atoms. The minimum atomic E-state index is -0.836. The van der Waals surface area contributed by atoms with E-state index in [4.69, 9.17) is 5.11 Å². The summed E-state index contributed by atoms with van der Waals surface area (Å²) in [5.41, 5.74) is 0. The van der Waals surface area contributed by atoms with Crippen LogP contribution in [0, 0.1) is 4.91 Å². The molecule has 0 aliphatic carbocycles. The highest BCUT2D eigenvalue weighted by Crippen LogP contribution is 1.70. The number of rotatable bonds is 5. The third-order valence-electron chi connectivity index (χ3n) is 1.09. The highest BCUT2D eigenvalue weighted by atomic mass is 16.3. The summed E-state index contributed by atoms with van der Waals surface area (Å²) in [5.74, 6) is -1.67. The van der Waals surface area contributed by atoms with E-state index in [1.165, 1.54) is 0 Å². The summed E-state index contributed by atoms with van der Waals surface area (Å²) < 4.78 is 0. The Morgan fingerprint density at radius 3 is 2.15 bits per heavy atom. The van der Waals surface area contributed by atoms with Gasteiger partial charge in [0, 0.05) is 13.1 Å². The van der Waals surface area contributed by atoms with Crippen molar-refractivity contribution in [3.63, 3.8) is 0 Å². The lowest BCUT2D eigenvalue weighted by Gasteiger charge is -2.02. The number of carbonyl (C=O) groups is 2. The summed E-state index contributed by atoms with van der Waals surface area (Å²) in [5, 5.41) is 15.1. The molecule has 0 fully saturated rings. The highest BCUT2D eigenvalue weighted by molar-refractivity contribution is 6.35. The summed E-state index contributed by atoms with van der Waals surface area (Å²) in [6.45, 7) is -0.235. The van der Waals surface area contributed by atoms with Crippen molar-refractivity contribution in [1.82, 2.24) is 10.6 Å². The topological polar surface area (TPSA) is 108 Å². The molecule has 0 rings (SSSR count). The van der Waals surface area contributed by atoms with Gasteiger partial charge in [0.1, 0.15) is 0 Å². The number of aliphatic hydroxyl groups is 1. The van der Waals surface area contributed by atoms with Gasteiger partial charge in [0.05, 0.1) is 13.2 Å². The molecule has 0 radical (unpaired) electrons. The van der Waals surface area contributed by atoms with E-state index in [0.717, 1.165) is 0 Å². The molecule has 74 valence electrons. The van der Waals surface area contributed by atoms with Crippen LogP contribution in [0.2, 0.25) is 0 Å². The van der Waals surface area contributed by atoms with Crippen LogP contribution in [0.25, 0.3) is 0 Å². The molecule has 0 aromatic heterocycles. The molecular weight excluding hydrogens is 178 g/mol. The van der Waals surface area contributed by atoms with Crippen molar-refractivity contribution in [3.8, 4) is 0 Å². The third kappa shape index (κ3) is 5.74. The Bertz CT molecular complexity index is 194. The number of aliphatic hydroxyl groups excluding tert-OH is 1. The van der Waals surface area contributed by atoms with E-state index in [2.05, 4.69) is 15.8 Å². The van der Waals surface area contributed by atoms with Crippen molar-refractivity contribution in [2.45, 2.75) is 0 Å². The third-order valence-corrected chi connectivity index (χ3v) is 1.09. The van der Waals surface area contributed by atoms with Gasteiger partial charge in [0.25, 0.3) is 0 Å². The van der Waals surface area contributed by atoms with Crippen LogP contribution in [0.4, 0.5) is 0 Å². The summed E-state index contributed by atoms with van der Waals surface area (Å²) in [6, 6.07) is 0. The van der Waals surface area contributed by atoms with Gasteiger partial charge in [-0.3, -0.25) is 9.59 Å². The van der Waals surface area contributed by atoms with E-state index in [1.54, 1.807) is 0 Å². The van der Waals surface area contributed by atoms with Crippen molar-refractivity contribution in [2.75, 3.05) is 26.2 Å². The number of nitrogens with one attached hydrogen (secondary N) is 2. The SMILES string of the molecule is O=NCCNC(=O)C(=O)NCCO. The molecule has 0 bridgehead atoms. The largest absolute Gasteiger partial charge is 0.395 e. The maximum Gasteiger partial charge on any atom is 0.309 e. The van der Waals surface area contributed by atoms with Crippen LogP contribution in [0.15, 0.2) is 5.18 Å². The van der Waals surface area contributed by atoms with Gasteiger partial charge in [-0.25, -0.2) is 0 Å². The summed E-state index contributed by atoms with van der Waals surface area (Å²) in [7, 11) is 0. The zero-order chi connectivity index (χ0) is 10.1. The maximum atomic E-state index is 10.8. The lowest BCUT2D eigenvalue weighted by molar-refractivity contribution is -0.139. The number of hydrogen-bond donors (Lipinski definition) is 3. The van der Waals surface area contributed by atoms with Crippen LogP contribution >= 0.6 is 0 Å². The Morgan fingerprint density at radius 1 is 1.15 bits per heavy atom. The van der Waals surface area contributed by atoms with Crippen LogP contribution in [0.5, 0.6) is 0 Å². The van der Waals surface area contributed by atoms with Gasteiger partial charge in [-0.1, -0.05) is 5.18 Å². The summed E-state index contributed by atoms with van der Waals surface area (Å²) in [4.78, 5) is 31.1. The number of nitrogens with zero attached hydrogens (tertiary/aromatic N) is 1. The molecule has 0 unspecified atom stereocenters. The van der Waals surface area contributed by atoms with Gasteiger partial charge in [0.2, 0.25) is 0 Å². The second kappa shape index (κ2) is 7.17. The first-order valence-electron chi connectivity index (χ1n) is 3.68. The molecule has 0 saturated carbocycles. The highest BCUT2D eigenvalue weighted by Gasteiger charge is 2.10. The Morgan fingerprint density at radius 2 is 1.69 bits per heavy atom. The molecular formula is C6H11N3O4. The average Bonchev–Trinajstić information content (AvgIpc) is 2.14. The zero-order valence-corrected chi connectivity index (χ0v) is 6.95. The van der Waals surface area contributed by atoms with E-state index in [9.17, 15) is 14.5 Å². The van der Waals surface area contributed by atoms with Crippen molar-refractivity contribution < 1.29 is 14.7 Å². The minimum absolute atomic E-state index is 0.0260. The minimum Gasteiger partial charge on any atom is -0.395 e. The van der Waals surface area contributed by atoms with Crippen LogP contribution in [0.1, 0.15) is 0 Å². The first kappa shape index (κ1) is 11.5. The van der Waals surface area contributed by atoms with E-state index in [-0.39, 0.29) is 26.2 Å². The summed E-state index contributed by atoms with van der Waals surface area (Å²) in [6.07, 6.45) is 0. The molecule has 7 heteroatoms. The molecule has 0 aromatic carbocycles. The van der Waals surface area contributed by atoms with Crippen molar-refractivity contribution in [3.05, 3.63) is 4.91 Å². The second-order valence-corrected chi connectivity index (χ2v) is 2.09. The monoisotopic (exact) mass is 189 g/mol. The lowest BCUT2D eigenvalue weighted by Crippen LogP contribution is -2.41. The van der Waals surface area contributed by atoms with Crippen LogP contribution in [-0.2, 0) is 9.59 Å². The average molecular weight is 189 g/mol. The molecule has 3 N–H and O–H groups in total.